The third-order valence-corrected chi connectivity index (χ3v) is 2.92. The van der Waals surface area contributed by atoms with Gasteiger partial charge in [-0.1, -0.05) is 12.2 Å². The van der Waals surface area contributed by atoms with Crippen LogP contribution in [0.25, 0.3) is 0 Å². The summed E-state index contributed by atoms with van der Waals surface area (Å²) in [4.78, 5) is 13.7. The van der Waals surface area contributed by atoms with E-state index in [1.165, 1.54) is 11.3 Å². The number of carbonyl (C=O) groups is 1. The monoisotopic (exact) mass is 191 g/mol. The van der Waals surface area contributed by atoms with Gasteiger partial charge in [-0.2, -0.15) is 0 Å². The lowest BCUT2D eigenvalue weighted by Gasteiger charge is -2.35. The molecule has 0 N–H and O–H groups in total. The fraction of sp³-hybridized carbons (Fsp3) is 0.583. The highest BCUT2D eigenvalue weighted by Gasteiger charge is 2.27. The number of amides is 1. The number of rotatable bonds is 1. The van der Waals surface area contributed by atoms with Crippen LogP contribution in [0.3, 0.4) is 0 Å². The van der Waals surface area contributed by atoms with Crippen LogP contribution in [0.15, 0.2) is 23.4 Å². The van der Waals surface area contributed by atoms with E-state index >= 15 is 0 Å². The molecule has 1 heterocycles. The van der Waals surface area contributed by atoms with E-state index in [9.17, 15) is 4.79 Å². The topological polar surface area (TPSA) is 20.3 Å². The largest absolute Gasteiger partial charge is 0.313 e. The van der Waals surface area contributed by atoms with E-state index < -0.39 is 0 Å². The van der Waals surface area contributed by atoms with Crippen molar-refractivity contribution in [1.82, 2.24) is 4.90 Å². The molecule has 0 saturated carbocycles. The first-order chi connectivity index (χ1) is 6.70. The Morgan fingerprint density at radius 2 is 2.07 bits per heavy atom. The molecule has 0 atom stereocenters. The molecule has 0 spiro atoms. The summed E-state index contributed by atoms with van der Waals surface area (Å²) in [6.07, 6.45) is 8.15. The zero-order chi connectivity index (χ0) is 10.1. The van der Waals surface area contributed by atoms with Crippen molar-refractivity contribution in [3.8, 4) is 0 Å². The minimum Gasteiger partial charge on any atom is -0.313 e. The van der Waals surface area contributed by atoms with Crippen LogP contribution >= 0.6 is 0 Å². The summed E-state index contributed by atoms with van der Waals surface area (Å²) < 4.78 is 0. The Kier molecular flexibility index (Phi) is 2.44. The second kappa shape index (κ2) is 3.60. The average molecular weight is 191 g/mol. The van der Waals surface area contributed by atoms with Gasteiger partial charge in [0.25, 0.3) is 0 Å². The molecular formula is C12H17NO. The van der Waals surface area contributed by atoms with Crippen LogP contribution in [0, 0.1) is 0 Å². The predicted molar refractivity (Wildman–Crippen MR) is 56.6 cm³/mol. The van der Waals surface area contributed by atoms with E-state index in [1.807, 2.05) is 4.90 Å². The van der Waals surface area contributed by atoms with Gasteiger partial charge in [-0.3, -0.25) is 4.79 Å². The normalized spacial score (nSPS) is 21.9. The van der Waals surface area contributed by atoms with Crippen LogP contribution in [0.1, 0.15) is 39.5 Å². The Bertz CT molecular complexity index is 312. The Hall–Kier alpha value is -1.05. The number of hydrogen-bond donors (Lipinski definition) is 0. The fourth-order valence-electron chi connectivity index (χ4n) is 2.32. The minimum atomic E-state index is 0.300. The van der Waals surface area contributed by atoms with E-state index in [-0.39, 0.29) is 0 Å². The lowest BCUT2D eigenvalue weighted by molar-refractivity contribution is -0.131. The van der Waals surface area contributed by atoms with E-state index in [2.05, 4.69) is 26.0 Å². The molecule has 0 aromatic rings. The molecule has 14 heavy (non-hydrogen) atoms. The van der Waals surface area contributed by atoms with Crippen LogP contribution in [0.2, 0.25) is 0 Å². The van der Waals surface area contributed by atoms with Gasteiger partial charge in [0.15, 0.2) is 0 Å². The molecule has 76 valence electrons. The lowest BCUT2D eigenvalue weighted by Crippen LogP contribution is -2.39. The third kappa shape index (κ3) is 1.49. The van der Waals surface area contributed by atoms with Crippen molar-refractivity contribution < 1.29 is 4.79 Å². The highest BCUT2D eigenvalue weighted by molar-refractivity contribution is 5.80. The second-order valence-corrected chi connectivity index (χ2v) is 4.27. The van der Waals surface area contributed by atoms with Gasteiger partial charge < -0.3 is 4.90 Å². The van der Waals surface area contributed by atoms with Crippen molar-refractivity contribution in [2.45, 2.75) is 45.6 Å². The molecule has 0 unspecified atom stereocenters. The van der Waals surface area contributed by atoms with Gasteiger partial charge in [0, 0.05) is 18.2 Å². The zero-order valence-electron chi connectivity index (χ0n) is 8.92. The molecule has 0 aromatic carbocycles. The Labute approximate surface area is 85.3 Å². The molecule has 0 fully saturated rings. The quantitative estimate of drug-likeness (QED) is 0.624. The molecule has 0 aromatic heterocycles. The van der Waals surface area contributed by atoms with E-state index in [0.717, 1.165) is 19.3 Å². The van der Waals surface area contributed by atoms with Crippen LogP contribution in [-0.4, -0.2) is 16.8 Å². The van der Waals surface area contributed by atoms with Gasteiger partial charge in [0.1, 0.15) is 0 Å². The zero-order valence-corrected chi connectivity index (χ0v) is 8.92. The summed E-state index contributed by atoms with van der Waals surface area (Å²) in [5.74, 6) is 0.300. The molecule has 2 aliphatic rings. The highest BCUT2D eigenvalue weighted by Crippen LogP contribution is 2.31. The average Bonchev–Trinajstić information content (AvgIpc) is 2.17. The second-order valence-electron chi connectivity index (χ2n) is 4.27. The van der Waals surface area contributed by atoms with Crippen molar-refractivity contribution >= 4 is 5.91 Å². The third-order valence-electron chi connectivity index (χ3n) is 2.92. The first-order valence-electron chi connectivity index (χ1n) is 5.41. The summed E-state index contributed by atoms with van der Waals surface area (Å²) in [5, 5.41) is 0. The summed E-state index contributed by atoms with van der Waals surface area (Å²) in [6, 6.07) is 0.305. The van der Waals surface area contributed by atoms with E-state index in [0.29, 0.717) is 18.4 Å². The summed E-state index contributed by atoms with van der Waals surface area (Å²) in [7, 11) is 0. The Balaban J connectivity index is 2.35. The molecule has 2 rings (SSSR count). The number of nitrogens with zero attached hydrogens (tertiary/aromatic N) is 1. The Morgan fingerprint density at radius 1 is 1.29 bits per heavy atom. The molecule has 0 bridgehead atoms. The lowest BCUT2D eigenvalue weighted by atomic mass is 9.93. The first-order valence-corrected chi connectivity index (χ1v) is 5.41. The maximum Gasteiger partial charge on any atom is 0.227 e. The molecule has 1 amide bonds. The van der Waals surface area contributed by atoms with Gasteiger partial charge in [0.2, 0.25) is 5.91 Å². The van der Waals surface area contributed by atoms with E-state index in [1.54, 1.807) is 0 Å². The van der Waals surface area contributed by atoms with Gasteiger partial charge in [0.05, 0.1) is 0 Å². The molecular weight excluding hydrogens is 174 g/mol. The van der Waals surface area contributed by atoms with Crippen LogP contribution in [0.4, 0.5) is 0 Å². The van der Waals surface area contributed by atoms with Crippen LogP contribution in [0.5, 0.6) is 0 Å². The number of allylic oxidation sites excluding steroid dienone is 4. The number of carbonyl (C=O) groups excluding carboxylic acids is 1. The smallest absolute Gasteiger partial charge is 0.227 e. The molecule has 0 radical (unpaired) electrons. The molecule has 2 heteroatoms. The predicted octanol–water partition coefficient (Wildman–Crippen LogP) is 2.62. The molecule has 1 aliphatic carbocycles. The minimum absolute atomic E-state index is 0.300. The van der Waals surface area contributed by atoms with Crippen molar-refractivity contribution in [3.05, 3.63) is 23.4 Å². The van der Waals surface area contributed by atoms with E-state index in [4.69, 9.17) is 0 Å². The van der Waals surface area contributed by atoms with Gasteiger partial charge in [-0.25, -0.2) is 0 Å². The SMILES string of the molecule is CC(C)N1C(=O)CCC2=C1CCC=C2. The maximum absolute atomic E-state index is 11.8. The van der Waals surface area contributed by atoms with Crippen molar-refractivity contribution in [3.63, 3.8) is 0 Å². The first kappa shape index (κ1) is 9.50. The van der Waals surface area contributed by atoms with Crippen LogP contribution < -0.4 is 0 Å². The Morgan fingerprint density at radius 3 is 2.79 bits per heavy atom. The van der Waals surface area contributed by atoms with Crippen molar-refractivity contribution in [1.29, 1.82) is 0 Å². The summed E-state index contributed by atoms with van der Waals surface area (Å²) in [6.45, 7) is 4.18. The van der Waals surface area contributed by atoms with Crippen molar-refractivity contribution in [2.24, 2.45) is 0 Å². The summed E-state index contributed by atoms with van der Waals surface area (Å²) >= 11 is 0. The van der Waals surface area contributed by atoms with Gasteiger partial charge in [-0.05, 0) is 38.7 Å². The van der Waals surface area contributed by atoms with Crippen LogP contribution in [-0.2, 0) is 4.79 Å². The molecule has 1 aliphatic heterocycles. The highest BCUT2D eigenvalue weighted by atomic mass is 16.2. The molecule has 2 nitrogen and oxygen atoms in total. The molecule has 0 saturated heterocycles. The summed E-state index contributed by atoms with van der Waals surface area (Å²) in [5.41, 5.74) is 2.66. The fourth-order valence-corrected chi connectivity index (χ4v) is 2.32. The van der Waals surface area contributed by atoms with Gasteiger partial charge in [-0.15, -0.1) is 0 Å². The van der Waals surface area contributed by atoms with Gasteiger partial charge >= 0.3 is 0 Å². The number of hydrogen-bond acceptors (Lipinski definition) is 1. The standard InChI is InChI=1S/C12H17NO/c1-9(2)13-11-6-4-3-5-10(11)7-8-12(13)14/h3,5,9H,4,6-8H2,1-2H3. The van der Waals surface area contributed by atoms with Crippen molar-refractivity contribution in [2.75, 3.05) is 0 Å². The maximum atomic E-state index is 11.8.